The summed E-state index contributed by atoms with van der Waals surface area (Å²) in [4.78, 5) is 22.6. The Labute approximate surface area is 168 Å². The van der Waals surface area contributed by atoms with Crippen LogP contribution in [0, 0.1) is 5.82 Å². The summed E-state index contributed by atoms with van der Waals surface area (Å²) in [5.74, 6) is 0.0857. The number of methoxy groups -OCH3 is 1. The second-order valence-electron chi connectivity index (χ2n) is 6.91. The number of fused-ring (bicyclic) bond motifs is 1. The zero-order valence-electron chi connectivity index (χ0n) is 16.3. The van der Waals surface area contributed by atoms with E-state index < -0.39 is 11.9 Å². The standard InChI is InChI=1S/C22H22FN3O3/c1-14(29-19-6-4-3-5-17(19)23)22(27)26-12-11-18-20(25-13-24-18)21(26)15-7-9-16(28-2)10-8-15/h3-10,13-14,21H,11-12H2,1-2H3,(H,24,25). The molecule has 6 nitrogen and oxygen atoms in total. The molecule has 1 aromatic heterocycles. The molecule has 2 aromatic carbocycles. The van der Waals surface area contributed by atoms with Gasteiger partial charge in [-0.15, -0.1) is 0 Å². The number of amides is 1. The number of H-pyrrole nitrogens is 1. The van der Waals surface area contributed by atoms with Crippen molar-refractivity contribution in [3.05, 3.63) is 77.6 Å². The van der Waals surface area contributed by atoms with Crippen molar-refractivity contribution < 1.29 is 18.7 Å². The van der Waals surface area contributed by atoms with E-state index in [4.69, 9.17) is 9.47 Å². The number of hydrogen-bond donors (Lipinski definition) is 1. The van der Waals surface area contributed by atoms with Gasteiger partial charge in [0.2, 0.25) is 0 Å². The molecule has 1 aliphatic rings. The van der Waals surface area contributed by atoms with Crippen molar-refractivity contribution in [1.29, 1.82) is 0 Å². The first-order chi connectivity index (χ1) is 14.1. The Morgan fingerprint density at radius 2 is 2.00 bits per heavy atom. The molecule has 1 N–H and O–H groups in total. The highest BCUT2D eigenvalue weighted by molar-refractivity contribution is 5.82. The summed E-state index contributed by atoms with van der Waals surface area (Å²) in [5.41, 5.74) is 2.75. The number of imidazole rings is 1. The van der Waals surface area contributed by atoms with E-state index in [1.165, 1.54) is 12.1 Å². The summed E-state index contributed by atoms with van der Waals surface area (Å²) in [6.07, 6.45) is 1.47. The minimum Gasteiger partial charge on any atom is -0.497 e. The van der Waals surface area contributed by atoms with Crippen molar-refractivity contribution in [3.63, 3.8) is 0 Å². The van der Waals surface area contributed by atoms with E-state index in [1.54, 1.807) is 37.4 Å². The lowest BCUT2D eigenvalue weighted by Gasteiger charge is -2.36. The highest BCUT2D eigenvalue weighted by Crippen LogP contribution is 2.34. The minimum absolute atomic E-state index is 0.0619. The van der Waals surface area contributed by atoms with Gasteiger partial charge in [0, 0.05) is 18.7 Å². The van der Waals surface area contributed by atoms with Crippen molar-refractivity contribution in [2.45, 2.75) is 25.5 Å². The van der Waals surface area contributed by atoms with Crippen molar-refractivity contribution in [1.82, 2.24) is 14.9 Å². The van der Waals surface area contributed by atoms with E-state index in [1.807, 2.05) is 24.3 Å². The predicted molar refractivity (Wildman–Crippen MR) is 105 cm³/mol. The average Bonchev–Trinajstić information content (AvgIpc) is 3.23. The number of nitrogens with one attached hydrogen (secondary N) is 1. The van der Waals surface area contributed by atoms with Gasteiger partial charge in [0.15, 0.2) is 17.7 Å². The zero-order valence-corrected chi connectivity index (χ0v) is 16.3. The zero-order chi connectivity index (χ0) is 20.4. The topological polar surface area (TPSA) is 67.5 Å². The van der Waals surface area contributed by atoms with Crippen molar-refractivity contribution >= 4 is 5.91 Å². The fourth-order valence-electron chi connectivity index (χ4n) is 3.65. The van der Waals surface area contributed by atoms with Gasteiger partial charge < -0.3 is 19.4 Å². The number of nitrogens with zero attached hydrogens (tertiary/aromatic N) is 2. The molecule has 3 aromatic rings. The third-order valence-corrected chi connectivity index (χ3v) is 5.13. The number of aromatic amines is 1. The molecule has 0 saturated heterocycles. The van der Waals surface area contributed by atoms with Crippen molar-refractivity contribution in [2.24, 2.45) is 0 Å². The quantitative estimate of drug-likeness (QED) is 0.718. The highest BCUT2D eigenvalue weighted by atomic mass is 19.1. The van der Waals surface area contributed by atoms with E-state index in [-0.39, 0.29) is 17.7 Å². The molecular formula is C22H22FN3O3. The van der Waals surface area contributed by atoms with Gasteiger partial charge in [-0.05, 0) is 36.8 Å². The van der Waals surface area contributed by atoms with E-state index in [2.05, 4.69) is 9.97 Å². The molecule has 29 heavy (non-hydrogen) atoms. The second kappa shape index (κ2) is 7.95. The maximum Gasteiger partial charge on any atom is 0.264 e. The molecule has 2 atom stereocenters. The van der Waals surface area contributed by atoms with Crippen LogP contribution in [0.2, 0.25) is 0 Å². The van der Waals surface area contributed by atoms with Gasteiger partial charge in [0.05, 0.1) is 19.1 Å². The second-order valence-corrected chi connectivity index (χ2v) is 6.91. The number of aromatic nitrogens is 2. The maximum atomic E-state index is 13.9. The SMILES string of the molecule is COc1ccc(C2c3nc[nH]c3CCN2C(=O)C(C)Oc2ccccc2F)cc1. The Morgan fingerprint density at radius 3 is 2.72 bits per heavy atom. The van der Waals surface area contributed by atoms with Crippen molar-refractivity contribution in [2.75, 3.05) is 13.7 Å². The van der Waals surface area contributed by atoms with E-state index >= 15 is 0 Å². The number of hydrogen-bond acceptors (Lipinski definition) is 4. The van der Waals surface area contributed by atoms with E-state index in [9.17, 15) is 9.18 Å². The molecule has 4 rings (SSSR count). The van der Waals surface area contributed by atoms with Crippen LogP contribution in [0.4, 0.5) is 4.39 Å². The smallest absolute Gasteiger partial charge is 0.264 e. The van der Waals surface area contributed by atoms with Crippen LogP contribution in [-0.2, 0) is 11.2 Å². The van der Waals surface area contributed by atoms with Crippen LogP contribution in [0.5, 0.6) is 11.5 Å². The normalized spacial score (nSPS) is 16.8. The molecule has 0 bridgehead atoms. The summed E-state index contributed by atoms with van der Waals surface area (Å²) in [6.45, 7) is 2.15. The molecule has 0 spiro atoms. The monoisotopic (exact) mass is 395 g/mol. The number of ether oxygens (including phenoxy) is 2. The Kier molecular flexibility index (Phi) is 5.20. The molecule has 1 aliphatic heterocycles. The molecule has 0 aliphatic carbocycles. The van der Waals surface area contributed by atoms with Gasteiger partial charge >= 0.3 is 0 Å². The van der Waals surface area contributed by atoms with Crippen LogP contribution in [0.1, 0.15) is 29.9 Å². The largest absolute Gasteiger partial charge is 0.497 e. The Morgan fingerprint density at radius 1 is 1.24 bits per heavy atom. The number of halogens is 1. The van der Waals surface area contributed by atoms with Crippen molar-refractivity contribution in [3.8, 4) is 11.5 Å². The number of benzene rings is 2. The van der Waals surface area contributed by atoms with E-state index in [0.717, 1.165) is 22.7 Å². The molecule has 150 valence electrons. The summed E-state index contributed by atoms with van der Waals surface area (Å²) in [6, 6.07) is 13.3. The highest BCUT2D eigenvalue weighted by Gasteiger charge is 2.36. The summed E-state index contributed by atoms with van der Waals surface area (Å²) in [5, 5.41) is 0. The molecule has 7 heteroatoms. The van der Waals surface area contributed by atoms with Gasteiger partial charge in [-0.3, -0.25) is 4.79 Å². The number of rotatable bonds is 5. The molecular weight excluding hydrogens is 373 g/mol. The van der Waals surface area contributed by atoms with E-state index in [0.29, 0.717) is 13.0 Å². The molecule has 0 fully saturated rings. The minimum atomic E-state index is -0.840. The van der Waals surface area contributed by atoms with Gasteiger partial charge in [0.25, 0.3) is 5.91 Å². The fraction of sp³-hybridized carbons (Fsp3) is 0.273. The predicted octanol–water partition coefficient (Wildman–Crippen LogP) is 3.50. The first kappa shape index (κ1) is 19.0. The van der Waals surface area contributed by atoms with Gasteiger partial charge in [-0.25, -0.2) is 9.37 Å². The van der Waals surface area contributed by atoms with Gasteiger partial charge in [-0.2, -0.15) is 0 Å². The number of carbonyl (C=O) groups excluding carboxylic acids is 1. The third kappa shape index (κ3) is 3.68. The Bertz CT molecular complexity index is 1000. The molecule has 1 amide bonds. The lowest BCUT2D eigenvalue weighted by atomic mass is 9.95. The van der Waals surface area contributed by atoms with Gasteiger partial charge in [-0.1, -0.05) is 24.3 Å². The molecule has 2 heterocycles. The van der Waals surface area contributed by atoms with Gasteiger partial charge in [0.1, 0.15) is 11.8 Å². The lowest BCUT2D eigenvalue weighted by Crippen LogP contribution is -2.46. The van der Waals surface area contributed by atoms with Crippen LogP contribution in [0.15, 0.2) is 54.9 Å². The fourth-order valence-corrected chi connectivity index (χ4v) is 3.65. The summed E-state index contributed by atoms with van der Waals surface area (Å²) in [7, 11) is 1.61. The molecule has 2 unspecified atom stereocenters. The maximum absolute atomic E-state index is 13.9. The summed E-state index contributed by atoms with van der Waals surface area (Å²) >= 11 is 0. The third-order valence-electron chi connectivity index (χ3n) is 5.13. The van der Waals surface area contributed by atoms with Crippen LogP contribution < -0.4 is 9.47 Å². The van der Waals surface area contributed by atoms with Crippen LogP contribution in [0.3, 0.4) is 0 Å². The first-order valence-electron chi connectivity index (χ1n) is 9.46. The molecule has 0 saturated carbocycles. The first-order valence-corrected chi connectivity index (χ1v) is 9.46. The molecule has 0 radical (unpaired) electrons. The van der Waals surface area contributed by atoms with Crippen LogP contribution in [0.25, 0.3) is 0 Å². The lowest BCUT2D eigenvalue weighted by molar-refractivity contribution is -0.140. The van der Waals surface area contributed by atoms with Crippen LogP contribution >= 0.6 is 0 Å². The summed E-state index contributed by atoms with van der Waals surface area (Å²) < 4.78 is 24.8. The Hall–Kier alpha value is -3.35. The van der Waals surface area contributed by atoms with Crippen LogP contribution in [-0.4, -0.2) is 40.5 Å². The Balaban J connectivity index is 1.63. The number of carbonyl (C=O) groups is 1. The average molecular weight is 395 g/mol. The number of para-hydroxylation sites is 1.